The van der Waals surface area contributed by atoms with Crippen molar-refractivity contribution >= 4 is 15.7 Å². The van der Waals surface area contributed by atoms with Crippen molar-refractivity contribution < 1.29 is 18.0 Å². The molecule has 1 aromatic carbocycles. The van der Waals surface area contributed by atoms with Gasteiger partial charge in [-0.1, -0.05) is 26.0 Å². The highest BCUT2D eigenvalue weighted by molar-refractivity contribution is 7.89. The van der Waals surface area contributed by atoms with Gasteiger partial charge in [0.1, 0.15) is 0 Å². The number of sulfone groups is 1. The molecule has 0 saturated heterocycles. The molecule has 0 heterocycles. The minimum absolute atomic E-state index is 0.0290. The van der Waals surface area contributed by atoms with Gasteiger partial charge in [0, 0.05) is 11.8 Å². The molecule has 0 atom stereocenters. The minimum Gasteiger partial charge on any atom is -0.273 e. The van der Waals surface area contributed by atoms with Crippen LogP contribution in [0.25, 0.3) is 0 Å². The van der Waals surface area contributed by atoms with Gasteiger partial charge in [0.2, 0.25) is 0 Å². The second kappa shape index (κ2) is 6.68. The second-order valence-corrected chi connectivity index (χ2v) is 7.04. The Labute approximate surface area is 113 Å². The van der Waals surface area contributed by atoms with E-state index in [-0.39, 0.29) is 11.7 Å². The molecule has 0 saturated carbocycles. The van der Waals surface area contributed by atoms with Gasteiger partial charge in [0.05, 0.1) is 12.4 Å². The first-order valence-electron chi connectivity index (χ1n) is 5.97. The van der Waals surface area contributed by atoms with Gasteiger partial charge >= 0.3 is 0 Å². The quantitative estimate of drug-likeness (QED) is 0.805. The van der Waals surface area contributed by atoms with Crippen LogP contribution in [0.1, 0.15) is 29.8 Å². The summed E-state index contributed by atoms with van der Waals surface area (Å²) in [4.78, 5) is 16.7. The van der Waals surface area contributed by atoms with E-state index in [4.69, 9.17) is 4.84 Å². The second-order valence-electron chi connectivity index (χ2n) is 4.90. The first-order chi connectivity index (χ1) is 8.78. The zero-order chi connectivity index (χ0) is 14.5. The molecule has 1 amide bonds. The fraction of sp³-hybridized carbons (Fsp3) is 0.462. The van der Waals surface area contributed by atoms with Gasteiger partial charge in [-0.25, -0.2) is 13.9 Å². The molecule has 0 fully saturated rings. The number of hydroxylamine groups is 1. The highest BCUT2D eigenvalue weighted by Gasteiger charge is 2.08. The lowest BCUT2D eigenvalue weighted by Crippen LogP contribution is -2.25. The average molecular weight is 285 g/mol. The smallest absolute Gasteiger partial charge is 0.273 e. The number of amides is 1. The summed E-state index contributed by atoms with van der Waals surface area (Å²) < 4.78 is 22.3. The summed E-state index contributed by atoms with van der Waals surface area (Å²) in [6.45, 7) is 4.40. The van der Waals surface area contributed by atoms with E-state index in [1.54, 1.807) is 24.3 Å². The Bertz CT molecular complexity index is 520. The summed E-state index contributed by atoms with van der Waals surface area (Å²) in [5.41, 5.74) is 3.43. The summed E-state index contributed by atoms with van der Waals surface area (Å²) in [6, 6.07) is 6.40. The van der Waals surface area contributed by atoms with Crippen molar-refractivity contribution in [2.24, 2.45) is 5.92 Å². The van der Waals surface area contributed by atoms with Gasteiger partial charge in [-0.2, -0.15) is 0 Å². The Morgan fingerprint density at radius 3 is 2.32 bits per heavy atom. The zero-order valence-electron chi connectivity index (χ0n) is 11.3. The normalized spacial score (nSPS) is 11.6. The third-order valence-corrected chi connectivity index (χ3v) is 3.08. The van der Waals surface area contributed by atoms with Crippen molar-refractivity contribution in [1.29, 1.82) is 0 Å². The van der Waals surface area contributed by atoms with Crippen LogP contribution in [0.15, 0.2) is 24.3 Å². The van der Waals surface area contributed by atoms with Gasteiger partial charge in [-0.05, 0) is 23.6 Å². The fourth-order valence-electron chi connectivity index (χ4n) is 1.39. The standard InChI is InChI=1S/C13H19NO4S/c1-10(2)8-18-14-13(15)12-6-4-11(5-7-12)9-19(3,16)17/h4-7,10H,8-9H2,1-3H3,(H,14,15). The van der Waals surface area contributed by atoms with Gasteiger partial charge in [0.25, 0.3) is 5.91 Å². The highest BCUT2D eigenvalue weighted by Crippen LogP contribution is 2.08. The molecule has 0 aliphatic rings. The summed E-state index contributed by atoms with van der Waals surface area (Å²) in [5, 5.41) is 0. The predicted octanol–water partition coefficient (Wildman–Crippen LogP) is 1.55. The van der Waals surface area contributed by atoms with E-state index in [1.165, 1.54) is 6.26 Å². The number of rotatable bonds is 6. The molecular weight excluding hydrogens is 266 g/mol. The molecule has 0 bridgehead atoms. The maximum absolute atomic E-state index is 11.7. The van der Waals surface area contributed by atoms with E-state index in [0.717, 1.165) is 0 Å². The maximum atomic E-state index is 11.7. The summed E-state index contributed by atoms with van der Waals surface area (Å²) in [7, 11) is -3.06. The summed E-state index contributed by atoms with van der Waals surface area (Å²) >= 11 is 0. The van der Waals surface area contributed by atoms with Crippen LogP contribution in [-0.4, -0.2) is 27.2 Å². The summed E-state index contributed by atoms with van der Waals surface area (Å²) in [5.74, 6) is -0.0392. The molecule has 5 nitrogen and oxygen atoms in total. The number of hydrogen-bond acceptors (Lipinski definition) is 4. The molecule has 0 aliphatic carbocycles. The van der Waals surface area contributed by atoms with Crippen molar-refractivity contribution in [2.75, 3.05) is 12.9 Å². The molecule has 0 unspecified atom stereocenters. The Balaban J connectivity index is 2.58. The van der Waals surface area contributed by atoms with E-state index in [0.29, 0.717) is 23.7 Å². The first kappa shape index (κ1) is 15.7. The monoisotopic (exact) mass is 285 g/mol. The lowest BCUT2D eigenvalue weighted by Gasteiger charge is -2.08. The largest absolute Gasteiger partial charge is 0.274 e. The molecule has 1 rings (SSSR count). The van der Waals surface area contributed by atoms with Crippen LogP contribution in [0.2, 0.25) is 0 Å². The van der Waals surface area contributed by atoms with Crippen LogP contribution >= 0.6 is 0 Å². The third kappa shape index (κ3) is 6.35. The van der Waals surface area contributed by atoms with E-state index in [1.807, 2.05) is 13.8 Å². The van der Waals surface area contributed by atoms with Crippen molar-refractivity contribution in [1.82, 2.24) is 5.48 Å². The molecule has 19 heavy (non-hydrogen) atoms. The van der Waals surface area contributed by atoms with Crippen molar-refractivity contribution in [3.8, 4) is 0 Å². The molecule has 0 aromatic heterocycles. The van der Waals surface area contributed by atoms with Crippen molar-refractivity contribution in [2.45, 2.75) is 19.6 Å². The topological polar surface area (TPSA) is 72.5 Å². The molecule has 1 aromatic rings. The lowest BCUT2D eigenvalue weighted by molar-refractivity contribution is 0.0208. The molecule has 1 N–H and O–H groups in total. The SMILES string of the molecule is CC(C)CONC(=O)c1ccc(CS(C)(=O)=O)cc1. The molecule has 6 heteroatoms. The molecule has 0 radical (unpaired) electrons. The van der Waals surface area contributed by atoms with Crippen molar-refractivity contribution in [3.63, 3.8) is 0 Å². The van der Waals surface area contributed by atoms with Gasteiger partial charge < -0.3 is 0 Å². The number of nitrogens with one attached hydrogen (secondary N) is 1. The Morgan fingerprint density at radius 1 is 1.26 bits per heavy atom. The minimum atomic E-state index is -3.06. The number of carbonyl (C=O) groups is 1. The lowest BCUT2D eigenvalue weighted by atomic mass is 10.1. The maximum Gasteiger partial charge on any atom is 0.274 e. The molecule has 0 aliphatic heterocycles. The van der Waals surface area contributed by atoms with Crippen LogP contribution < -0.4 is 5.48 Å². The Morgan fingerprint density at radius 2 is 1.84 bits per heavy atom. The predicted molar refractivity (Wildman–Crippen MR) is 73.2 cm³/mol. The number of benzene rings is 1. The van der Waals surface area contributed by atoms with Gasteiger partial charge in [-0.3, -0.25) is 9.63 Å². The van der Waals surface area contributed by atoms with Crippen LogP contribution in [-0.2, 0) is 20.4 Å². The van der Waals surface area contributed by atoms with Crippen LogP contribution in [0.3, 0.4) is 0 Å². The molecule has 0 spiro atoms. The first-order valence-corrected chi connectivity index (χ1v) is 8.03. The van der Waals surface area contributed by atoms with E-state index in [9.17, 15) is 13.2 Å². The Kier molecular flexibility index (Phi) is 5.50. The molecular formula is C13H19NO4S. The van der Waals surface area contributed by atoms with Crippen LogP contribution in [0, 0.1) is 5.92 Å². The van der Waals surface area contributed by atoms with Gasteiger partial charge in [0.15, 0.2) is 9.84 Å². The number of carbonyl (C=O) groups excluding carboxylic acids is 1. The van der Waals surface area contributed by atoms with E-state index >= 15 is 0 Å². The number of hydrogen-bond donors (Lipinski definition) is 1. The van der Waals surface area contributed by atoms with Crippen LogP contribution in [0.5, 0.6) is 0 Å². The fourth-order valence-corrected chi connectivity index (χ4v) is 2.19. The molecule has 106 valence electrons. The average Bonchev–Trinajstić information content (AvgIpc) is 2.27. The zero-order valence-corrected chi connectivity index (χ0v) is 12.2. The van der Waals surface area contributed by atoms with Crippen LogP contribution in [0.4, 0.5) is 0 Å². The van der Waals surface area contributed by atoms with Crippen molar-refractivity contribution in [3.05, 3.63) is 35.4 Å². The highest BCUT2D eigenvalue weighted by atomic mass is 32.2. The Hall–Kier alpha value is -1.40. The summed E-state index contributed by atoms with van der Waals surface area (Å²) in [6.07, 6.45) is 1.17. The van der Waals surface area contributed by atoms with Gasteiger partial charge in [-0.15, -0.1) is 0 Å². The van der Waals surface area contributed by atoms with E-state index < -0.39 is 9.84 Å². The van der Waals surface area contributed by atoms with E-state index in [2.05, 4.69) is 5.48 Å². The third-order valence-electron chi connectivity index (χ3n) is 2.23.